The first-order chi connectivity index (χ1) is 25.9. The summed E-state index contributed by atoms with van der Waals surface area (Å²) in [5, 5.41) is 12.0. The second kappa shape index (κ2) is 18.9. The Balaban J connectivity index is 1.40. The first kappa shape index (κ1) is 38.0. The Labute approximate surface area is 316 Å². The van der Waals surface area contributed by atoms with Gasteiger partial charge >= 0.3 is 5.97 Å². The summed E-state index contributed by atoms with van der Waals surface area (Å²) in [6.45, 7) is 4.53. The Morgan fingerprint density at radius 1 is 0.698 bits per heavy atom. The number of aromatic hydroxyl groups is 1. The summed E-state index contributed by atoms with van der Waals surface area (Å²) in [6.07, 6.45) is -3.39. The number of ether oxygens (including phenoxy) is 6. The van der Waals surface area contributed by atoms with E-state index in [2.05, 4.69) is 0 Å². The fourth-order valence-electron chi connectivity index (χ4n) is 6.45. The van der Waals surface area contributed by atoms with Crippen molar-refractivity contribution in [2.24, 2.45) is 0 Å². The molecule has 0 amide bonds. The van der Waals surface area contributed by atoms with Crippen LogP contribution in [0.3, 0.4) is 0 Å². The van der Waals surface area contributed by atoms with E-state index in [-0.39, 0.29) is 32.2 Å². The highest BCUT2D eigenvalue weighted by atomic mass is 35.5. The van der Waals surface area contributed by atoms with E-state index in [1.54, 1.807) is 0 Å². The van der Waals surface area contributed by atoms with Gasteiger partial charge in [-0.1, -0.05) is 115 Å². The fourth-order valence-corrected chi connectivity index (χ4v) is 6.68. The van der Waals surface area contributed by atoms with Gasteiger partial charge in [0.25, 0.3) is 0 Å². The summed E-state index contributed by atoms with van der Waals surface area (Å²) in [7, 11) is 0. The highest BCUT2D eigenvalue weighted by molar-refractivity contribution is 6.31. The monoisotopic (exact) mass is 736 g/mol. The van der Waals surface area contributed by atoms with E-state index in [0.29, 0.717) is 23.6 Å². The van der Waals surface area contributed by atoms with Crippen molar-refractivity contribution < 1.29 is 38.3 Å². The van der Waals surface area contributed by atoms with Gasteiger partial charge in [-0.2, -0.15) is 0 Å². The van der Waals surface area contributed by atoms with E-state index in [9.17, 15) is 9.90 Å². The molecule has 0 aromatic heterocycles. The maximum Gasteiger partial charge on any atom is 0.302 e. The van der Waals surface area contributed by atoms with Gasteiger partial charge < -0.3 is 33.5 Å². The zero-order valence-electron chi connectivity index (χ0n) is 29.9. The number of hydrogen-bond acceptors (Lipinski definition) is 8. The van der Waals surface area contributed by atoms with Crippen LogP contribution in [0.4, 0.5) is 0 Å². The van der Waals surface area contributed by atoms with Crippen molar-refractivity contribution in [2.75, 3.05) is 13.2 Å². The molecule has 5 aromatic carbocycles. The van der Waals surface area contributed by atoms with E-state index in [0.717, 1.165) is 33.6 Å². The highest BCUT2D eigenvalue weighted by Crippen LogP contribution is 2.43. The first-order valence-electron chi connectivity index (χ1n) is 17.9. The Bertz CT molecular complexity index is 1870. The maximum atomic E-state index is 12.2. The van der Waals surface area contributed by atoms with E-state index < -0.39 is 36.5 Å². The molecule has 9 heteroatoms. The highest BCUT2D eigenvalue weighted by Gasteiger charge is 2.50. The lowest BCUT2D eigenvalue weighted by Gasteiger charge is -2.46. The minimum Gasteiger partial charge on any atom is -0.508 e. The molecule has 276 valence electrons. The SMILES string of the molecule is CCOc1ccc(Cc2cc([C@@H]3O[C@H](COC(C)=O)[C@@H](OCc4ccccc4)[C@@H](OCc4ccccc4)[C@H]3OCc3ccccc3)c(O)cc2Cl)cc1. The molecule has 53 heavy (non-hydrogen) atoms. The standard InChI is InChI=1S/C44H45ClO8/c1-3-48-36-21-19-31(20-22-36)23-35-24-37(39(47)25-38(35)45)41-43(51-27-33-15-9-5-10-16-33)44(52-28-34-17-11-6-12-18-34)42(40(53-41)29-49-30(2)46)50-26-32-13-7-4-8-14-32/h4-22,24-25,40-44,47H,3,23,26-29H2,1-2H3/t40-,41+,42-,43+,44-/m1/s1. The molecule has 1 saturated heterocycles. The fraction of sp³-hybridized carbons (Fsp3) is 0.295. The summed E-state index contributed by atoms with van der Waals surface area (Å²) in [5.74, 6) is 0.274. The summed E-state index contributed by atoms with van der Waals surface area (Å²) >= 11 is 6.77. The smallest absolute Gasteiger partial charge is 0.302 e. The predicted molar refractivity (Wildman–Crippen MR) is 203 cm³/mol. The molecular formula is C44H45ClO8. The summed E-state index contributed by atoms with van der Waals surface area (Å²) < 4.78 is 38.3. The molecule has 5 aromatic rings. The molecule has 1 N–H and O–H groups in total. The van der Waals surface area contributed by atoms with Crippen molar-refractivity contribution in [3.05, 3.63) is 166 Å². The average molecular weight is 737 g/mol. The normalized spacial score (nSPS) is 19.8. The molecule has 0 aliphatic carbocycles. The van der Waals surface area contributed by atoms with E-state index in [4.69, 9.17) is 40.0 Å². The summed E-state index contributed by atoms with van der Waals surface area (Å²) in [6, 6.07) is 40.7. The third-order valence-electron chi connectivity index (χ3n) is 9.07. The van der Waals surface area contributed by atoms with Gasteiger partial charge in [0.15, 0.2) is 0 Å². The number of hydrogen-bond donors (Lipinski definition) is 1. The average Bonchev–Trinajstić information content (AvgIpc) is 3.18. The number of phenolic OH excluding ortho intramolecular Hbond substituents is 1. The molecule has 0 unspecified atom stereocenters. The maximum absolute atomic E-state index is 12.2. The van der Waals surface area contributed by atoms with Crippen LogP contribution in [0.1, 0.15) is 53.3 Å². The molecule has 5 atom stereocenters. The zero-order valence-corrected chi connectivity index (χ0v) is 30.7. The summed E-state index contributed by atoms with van der Waals surface area (Å²) in [4.78, 5) is 12.2. The predicted octanol–water partition coefficient (Wildman–Crippen LogP) is 8.79. The van der Waals surface area contributed by atoms with Gasteiger partial charge in [0.1, 0.15) is 48.6 Å². The molecule has 6 rings (SSSR count). The van der Waals surface area contributed by atoms with Crippen LogP contribution < -0.4 is 4.74 Å². The van der Waals surface area contributed by atoms with Crippen molar-refractivity contribution in [1.82, 2.24) is 0 Å². The van der Waals surface area contributed by atoms with Crippen molar-refractivity contribution >= 4 is 17.6 Å². The van der Waals surface area contributed by atoms with Gasteiger partial charge in [0.2, 0.25) is 0 Å². The Kier molecular flexibility index (Phi) is 13.5. The minimum atomic E-state index is -0.868. The quantitative estimate of drug-likeness (QED) is 0.101. The van der Waals surface area contributed by atoms with Crippen molar-refractivity contribution in [1.29, 1.82) is 0 Å². The number of phenols is 1. The van der Waals surface area contributed by atoms with Crippen molar-refractivity contribution in [2.45, 2.75) is 70.6 Å². The van der Waals surface area contributed by atoms with Gasteiger partial charge in [-0.25, -0.2) is 0 Å². The lowest BCUT2D eigenvalue weighted by Crippen LogP contribution is -2.58. The van der Waals surface area contributed by atoms with E-state index >= 15 is 0 Å². The topological polar surface area (TPSA) is 92.7 Å². The number of benzene rings is 5. The lowest BCUT2D eigenvalue weighted by atomic mass is 9.88. The van der Waals surface area contributed by atoms with Crippen LogP contribution in [0.2, 0.25) is 5.02 Å². The molecule has 0 bridgehead atoms. The van der Waals surface area contributed by atoms with Gasteiger partial charge in [-0.3, -0.25) is 4.79 Å². The molecule has 8 nitrogen and oxygen atoms in total. The summed E-state index contributed by atoms with van der Waals surface area (Å²) in [5.41, 5.74) is 5.14. The van der Waals surface area contributed by atoms with Crippen LogP contribution in [0.15, 0.2) is 127 Å². The van der Waals surface area contributed by atoms with E-state index in [1.165, 1.54) is 13.0 Å². The molecule has 0 radical (unpaired) electrons. The number of esters is 1. The Morgan fingerprint density at radius 3 is 1.75 bits per heavy atom. The molecule has 0 spiro atoms. The van der Waals surface area contributed by atoms with Gasteiger partial charge in [0, 0.05) is 17.5 Å². The van der Waals surface area contributed by atoms with Crippen LogP contribution >= 0.6 is 11.6 Å². The van der Waals surface area contributed by atoms with Crippen LogP contribution in [-0.2, 0) is 54.7 Å². The third-order valence-corrected chi connectivity index (χ3v) is 9.42. The van der Waals surface area contributed by atoms with Crippen LogP contribution in [0.5, 0.6) is 11.5 Å². The molecule has 1 aliphatic rings. The number of rotatable bonds is 16. The zero-order chi connectivity index (χ0) is 37.0. The van der Waals surface area contributed by atoms with Crippen LogP contribution in [0.25, 0.3) is 0 Å². The Morgan fingerprint density at radius 2 is 1.23 bits per heavy atom. The molecule has 0 saturated carbocycles. The number of halogens is 1. The first-order valence-corrected chi connectivity index (χ1v) is 18.2. The number of carbonyl (C=O) groups excluding carboxylic acids is 1. The minimum absolute atomic E-state index is 0.0551. The van der Waals surface area contributed by atoms with Crippen LogP contribution in [-0.4, -0.2) is 48.7 Å². The molecule has 1 fully saturated rings. The van der Waals surface area contributed by atoms with Gasteiger partial charge in [-0.15, -0.1) is 0 Å². The van der Waals surface area contributed by atoms with Crippen molar-refractivity contribution in [3.8, 4) is 11.5 Å². The van der Waals surface area contributed by atoms with Crippen LogP contribution in [0, 0.1) is 0 Å². The second-order valence-corrected chi connectivity index (χ2v) is 13.3. The van der Waals surface area contributed by atoms with Gasteiger partial charge in [0.05, 0.1) is 26.4 Å². The molecule has 1 aliphatic heterocycles. The van der Waals surface area contributed by atoms with Crippen molar-refractivity contribution in [3.63, 3.8) is 0 Å². The van der Waals surface area contributed by atoms with E-state index in [1.807, 2.05) is 128 Å². The Hall–Kier alpha value is -4.70. The third kappa shape index (κ3) is 10.5. The molecule has 1 heterocycles. The van der Waals surface area contributed by atoms with Gasteiger partial charge in [-0.05, 0) is 65.4 Å². The largest absolute Gasteiger partial charge is 0.508 e. The molecular weight excluding hydrogens is 692 g/mol. The lowest BCUT2D eigenvalue weighted by molar-refractivity contribution is -0.273. The number of carbonyl (C=O) groups is 1. The second-order valence-electron chi connectivity index (χ2n) is 12.9.